The van der Waals surface area contributed by atoms with Crippen LogP contribution in [-0.4, -0.2) is 31.1 Å². The normalized spacial score (nSPS) is 27.4. The predicted octanol–water partition coefficient (Wildman–Crippen LogP) is 3.96. The highest BCUT2D eigenvalue weighted by Crippen LogP contribution is 2.37. The van der Waals surface area contributed by atoms with Crippen LogP contribution < -0.4 is 10.4 Å². The van der Waals surface area contributed by atoms with E-state index >= 15 is 0 Å². The highest BCUT2D eigenvalue weighted by atomic mass is 15.5. The van der Waals surface area contributed by atoms with Crippen molar-refractivity contribution in [2.24, 2.45) is 11.8 Å². The molecule has 3 heteroatoms. The monoisotopic (exact) mass is 323 g/mol. The van der Waals surface area contributed by atoms with Crippen LogP contribution in [0.1, 0.15) is 32.6 Å². The molecule has 3 aliphatic rings. The van der Waals surface area contributed by atoms with Crippen molar-refractivity contribution in [1.29, 1.82) is 0 Å². The first-order valence-electron chi connectivity index (χ1n) is 9.51. The van der Waals surface area contributed by atoms with E-state index < -0.39 is 0 Å². The van der Waals surface area contributed by atoms with Gasteiger partial charge in [0.2, 0.25) is 0 Å². The maximum atomic E-state index is 3.60. The van der Waals surface area contributed by atoms with E-state index in [1.54, 1.807) is 5.57 Å². The summed E-state index contributed by atoms with van der Waals surface area (Å²) in [6, 6.07) is 10.7. The zero-order valence-corrected chi connectivity index (χ0v) is 14.7. The predicted molar refractivity (Wildman–Crippen MR) is 101 cm³/mol. The van der Waals surface area contributed by atoms with Crippen molar-refractivity contribution in [3.63, 3.8) is 0 Å². The lowest BCUT2D eigenvalue weighted by molar-refractivity contribution is 0.209. The van der Waals surface area contributed by atoms with Gasteiger partial charge in [-0.1, -0.05) is 42.8 Å². The van der Waals surface area contributed by atoms with Crippen molar-refractivity contribution in [3.8, 4) is 0 Å². The summed E-state index contributed by atoms with van der Waals surface area (Å²) in [5.74, 6) is 1.47. The molecule has 1 N–H and O–H groups in total. The van der Waals surface area contributed by atoms with Gasteiger partial charge in [-0.3, -0.25) is 9.91 Å². The fourth-order valence-electron chi connectivity index (χ4n) is 4.20. The Morgan fingerprint density at radius 3 is 2.75 bits per heavy atom. The Bertz CT molecular complexity index is 611. The van der Waals surface area contributed by atoms with E-state index in [9.17, 15) is 0 Å². The molecule has 0 spiro atoms. The molecule has 1 unspecified atom stereocenters. The molecule has 1 aromatic carbocycles. The summed E-state index contributed by atoms with van der Waals surface area (Å²) in [7, 11) is 0. The van der Waals surface area contributed by atoms with Gasteiger partial charge >= 0.3 is 0 Å². The van der Waals surface area contributed by atoms with Crippen LogP contribution in [0.2, 0.25) is 0 Å². The minimum absolute atomic E-state index is 0.558. The first kappa shape index (κ1) is 15.9. The van der Waals surface area contributed by atoms with Crippen LogP contribution in [0.3, 0.4) is 0 Å². The Labute approximate surface area is 146 Å². The molecule has 1 aromatic rings. The molecule has 0 amide bonds. The van der Waals surface area contributed by atoms with Gasteiger partial charge in [0.1, 0.15) is 0 Å². The van der Waals surface area contributed by atoms with Gasteiger partial charge in [-0.25, -0.2) is 5.43 Å². The molecule has 3 nitrogen and oxygen atoms in total. The number of piperidine rings is 1. The molecule has 128 valence electrons. The van der Waals surface area contributed by atoms with Crippen LogP contribution in [0.15, 0.2) is 53.8 Å². The summed E-state index contributed by atoms with van der Waals surface area (Å²) < 4.78 is 0. The first-order valence-corrected chi connectivity index (χ1v) is 9.51. The van der Waals surface area contributed by atoms with Gasteiger partial charge in [-0.05, 0) is 56.8 Å². The quantitative estimate of drug-likeness (QED) is 0.849. The maximum Gasteiger partial charge on any atom is 0.0574 e. The van der Waals surface area contributed by atoms with Gasteiger partial charge in [0.25, 0.3) is 0 Å². The number of allylic oxidation sites excluding steroid dienone is 1. The van der Waals surface area contributed by atoms with Gasteiger partial charge in [-0.15, -0.1) is 0 Å². The number of para-hydroxylation sites is 1. The summed E-state index contributed by atoms with van der Waals surface area (Å²) in [6.45, 7) is 7.09. The van der Waals surface area contributed by atoms with Crippen LogP contribution in [0, 0.1) is 11.8 Å². The molecule has 2 fully saturated rings. The lowest BCUT2D eigenvalue weighted by Gasteiger charge is -2.30. The standard InChI is InChI=1S/C21H29N3/c1-17-10-13-23(14-11-17)15-12-18-6-5-9-21-20(18)16-22-24(21)19-7-3-2-4-8-19/h2-4,7-9,12,17,20,22H,5-6,10-11,13-16H2,1H3. The summed E-state index contributed by atoms with van der Waals surface area (Å²) in [6.07, 6.45) is 10.1. The Morgan fingerprint density at radius 2 is 1.96 bits per heavy atom. The molecule has 0 saturated carbocycles. The average Bonchev–Trinajstić information content (AvgIpc) is 3.07. The number of benzene rings is 1. The third-order valence-corrected chi connectivity index (χ3v) is 5.81. The molecule has 2 aliphatic heterocycles. The second kappa shape index (κ2) is 7.12. The number of nitrogens with one attached hydrogen (secondary N) is 1. The second-order valence-corrected chi connectivity index (χ2v) is 7.52. The molecule has 2 heterocycles. The molecule has 2 saturated heterocycles. The lowest BCUT2D eigenvalue weighted by Crippen LogP contribution is -2.33. The Morgan fingerprint density at radius 1 is 1.17 bits per heavy atom. The van der Waals surface area contributed by atoms with Gasteiger partial charge in [0.05, 0.1) is 5.69 Å². The van der Waals surface area contributed by atoms with E-state index in [1.165, 1.54) is 50.2 Å². The van der Waals surface area contributed by atoms with E-state index in [4.69, 9.17) is 0 Å². The van der Waals surface area contributed by atoms with Crippen molar-refractivity contribution in [2.45, 2.75) is 32.6 Å². The zero-order chi connectivity index (χ0) is 16.4. The third kappa shape index (κ3) is 3.28. The minimum Gasteiger partial charge on any atom is -0.300 e. The molecular weight excluding hydrogens is 294 g/mol. The second-order valence-electron chi connectivity index (χ2n) is 7.52. The van der Waals surface area contributed by atoms with E-state index in [2.05, 4.69) is 64.7 Å². The molecule has 1 aliphatic carbocycles. The zero-order valence-electron chi connectivity index (χ0n) is 14.7. The van der Waals surface area contributed by atoms with E-state index in [-0.39, 0.29) is 0 Å². The number of rotatable bonds is 3. The number of hydrogen-bond donors (Lipinski definition) is 1. The Hall–Kier alpha value is -1.58. The molecular formula is C21H29N3. The number of fused-ring (bicyclic) bond motifs is 1. The SMILES string of the molecule is CC1CCN(CC=C2CCC=C3C2CNN3c2ccccc2)CC1. The summed E-state index contributed by atoms with van der Waals surface area (Å²) in [5, 5.41) is 2.29. The molecule has 4 rings (SSSR count). The lowest BCUT2D eigenvalue weighted by atomic mass is 9.87. The van der Waals surface area contributed by atoms with E-state index in [0.29, 0.717) is 5.92 Å². The highest BCUT2D eigenvalue weighted by molar-refractivity contribution is 5.54. The van der Waals surface area contributed by atoms with Gasteiger partial charge < -0.3 is 0 Å². The van der Waals surface area contributed by atoms with Crippen LogP contribution in [-0.2, 0) is 0 Å². The Balaban J connectivity index is 1.44. The van der Waals surface area contributed by atoms with Gasteiger partial charge in [0.15, 0.2) is 0 Å². The number of hydrazine groups is 1. The van der Waals surface area contributed by atoms with Crippen molar-refractivity contribution in [1.82, 2.24) is 10.3 Å². The van der Waals surface area contributed by atoms with E-state index in [0.717, 1.165) is 19.0 Å². The first-order chi connectivity index (χ1) is 11.8. The number of nitrogens with zero attached hydrogens (tertiary/aromatic N) is 2. The maximum absolute atomic E-state index is 3.60. The van der Waals surface area contributed by atoms with Crippen LogP contribution in [0.25, 0.3) is 0 Å². The molecule has 1 atom stereocenters. The van der Waals surface area contributed by atoms with Crippen LogP contribution >= 0.6 is 0 Å². The number of anilines is 1. The van der Waals surface area contributed by atoms with E-state index in [1.807, 2.05) is 0 Å². The molecule has 24 heavy (non-hydrogen) atoms. The molecule has 0 aromatic heterocycles. The van der Waals surface area contributed by atoms with Gasteiger partial charge in [0, 0.05) is 24.7 Å². The third-order valence-electron chi connectivity index (χ3n) is 5.81. The summed E-state index contributed by atoms with van der Waals surface area (Å²) >= 11 is 0. The van der Waals surface area contributed by atoms with Crippen molar-refractivity contribution >= 4 is 5.69 Å². The largest absolute Gasteiger partial charge is 0.300 e. The van der Waals surface area contributed by atoms with Crippen molar-refractivity contribution in [2.75, 3.05) is 31.2 Å². The Kier molecular flexibility index (Phi) is 4.72. The van der Waals surface area contributed by atoms with Gasteiger partial charge in [-0.2, -0.15) is 0 Å². The topological polar surface area (TPSA) is 18.5 Å². The highest BCUT2D eigenvalue weighted by Gasteiger charge is 2.33. The fraction of sp³-hybridized carbons (Fsp3) is 0.524. The molecule has 0 bridgehead atoms. The van der Waals surface area contributed by atoms with Crippen LogP contribution in [0.4, 0.5) is 5.69 Å². The van der Waals surface area contributed by atoms with Crippen molar-refractivity contribution in [3.05, 3.63) is 53.8 Å². The summed E-state index contributed by atoms with van der Waals surface area (Å²) in [5.41, 5.74) is 7.93. The van der Waals surface area contributed by atoms with Crippen LogP contribution in [0.5, 0.6) is 0 Å². The number of hydrogen-bond acceptors (Lipinski definition) is 3. The summed E-state index contributed by atoms with van der Waals surface area (Å²) in [4.78, 5) is 2.63. The minimum atomic E-state index is 0.558. The average molecular weight is 323 g/mol. The smallest absolute Gasteiger partial charge is 0.0574 e. The number of likely N-dealkylation sites (tertiary alicyclic amines) is 1. The molecule has 0 radical (unpaired) electrons. The van der Waals surface area contributed by atoms with Crippen molar-refractivity contribution < 1.29 is 0 Å². The fourth-order valence-corrected chi connectivity index (χ4v) is 4.20.